The van der Waals surface area contributed by atoms with Crippen LogP contribution in [0.1, 0.15) is 82.2 Å². The molecule has 1 spiro atoms. The summed E-state index contributed by atoms with van der Waals surface area (Å²) in [6.07, 6.45) is 6.93. The molecule has 8 aromatic rings. The third-order valence-electron chi connectivity index (χ3n) is 16.8. The number of fused-ring (bicyclic) bond motifs is 4. The topological polar surface area (TPSA) is 0 Å². The van der Waals surface area contributed by atoms with Gasteiger partial charge < -0.3 is 0 Å². The zero-order valence-electron chi connectivity index (χ0n) is 36.9. The highest BCUT2D eigenvalue weighted by Crippen LogP contribution is 2.89. The molecule has 4 saturated carbocycles. The summed E-state index contributed by atoms with van der Waals surface area (Å²) in [5.41, 5.74) is 23.4. The fourth-order valence-electron chi connectivity index (χ4n) is 14.3. The van der Waals surface area contributed by atoms with Gasteiger partial charge in [0.1, 0.15) is 0 Å². The lowest BCUT2D eigenvalue weighted by Crippen LogP contribution is -2.55. The fourth-order valence-corrected chi connectivity index (χ4v) is 15.4. The molecular formula is C59H55BS. The molecule has 1 heterocycles. The zero-order chi connectivity index (χ0) is 41.6. The lowest BCUT2D eigenvalue weighted by atomic mass is 9.34. The third kappa shape index (κ3) is 5.50. The average molecular weight is 807 g/mol. The van der Waals surface area contributed by atoms with Crippen molar-refractivity contribution in [3.63, 3.8) is 0 Å². The molecule has 0 aliphatic heterocycles. The standard InChI is InChI=1S/C59H55BS/c1-35-8-10-42(11-9-35)43-12-17-47(18-13-43)57-30-46-31-58(52(46)32-57)34-59(58,33-57)48-19-14-44(15-20-48)45-16-22-53-50(28-45)51-29-49(21-23-54(51)61-53)60(55-38(4)24-36(2)25-39(55)5)56-40(6)26-37(3)27-41(56)7/h8-29,46,52H,30-34H2,1-7H3. The minimum atomic E-state index is 0.166. The van der Waals surface area contributed by atoms with Gasteiger partial charge in [0, 0.05) is 20.2 Å². The van der Waals surface area contributed by atoms with E-state index in [4.69, 9.17) is 0 Å². The fraction of sp³-hybridized carbons (Fsp3) is 0.288. The number of hydrogen-bond acceptors (Lipinski definition) is 1. The van der Waals surface area contributed by atoms with Crippen LogP contribution in [0.4, 0.5) is 0 Å². The van der Waals surface area contributed by atoms with Crippen molar-refractivity contribution >= 4 is 54.6 Å². The maximum Gasteiger partial charge on any atom is 0.242 e. The van der Waals surface area contributed by atoms with E-state index in [1.54, 1.807) is 11.1 Å². The van der Waals surface area contributed by atoms with Crippen molar-refractivity contribution in [2.75, 3.05) is 0 Å². The van der Waals surface area contributed by atoms with Gasteiger partial charge in [0.05, 0.1) is 0 Å². The predicted molar refractivity (Wildman–Crippen MR) is 263 cm³/mol. The molecule has 5 unspecified atom stereocenters. The Morgan fingerprint density at radius 2 is 0.967 bits per heavy atom. The van der Waals surface area contributed by atoms with Gasteiger partial charge in [-0.3, -0.25) is 0 Å². The van der Waals surface area contributed by atoms with Gasteiger partial charge in [-0.1, -0.05) is 171 Å². The largest absolute Gasteiger partial charge is 0.242 e. The molecule has 61 heavy (non-hydrogen) atoms. The van der Waals surface area contributed by atoms with Crippen LogP contribution in [0.15, 0.2) is 133 Å². The minimum Gasteiger partial charge on any atom is -0.135 e. The molecule has 12 rings (SSSR count). The van der Waals surface area contributed by atoms with Crippen molar-refractivity contribution in [2.24, 2.45) is 17.3 Å². The van der Waals surface area contributed by atoms with Crippen LogP contribution in [0.3, 0.4) is 0 Å². The van der Waals surface area contributed by atoms with Crippen LogP contribution in [-0.4, -0.2) is 6.71 Å². The number of thiophene rings is 1. The predicted octanol–water partition coefficient (Wildman–Crippen LogP) is 13.5. The van der Waals surface area contributed by atoms with E-state index in [0.717, 1.165) is 11.8 Å². The highest BCUT2D eigenvalue weighted by atomic mass is 32.1. The smallest absolute Gasteiger partial charge is 0.135 e. The molecule has 4 aliphatic carbocycles. The zero-order valence-corrected chi connectivity index (χ0v) is 37.7. The van der Waals surface area contributed by atoms with Crippen molar-refractivity contribution in [2.45, 2.75) is 91.4 Å². The quantitative estimate of drug-likeness (QED) is 0.141. The van der Waals surface area contributed by atoms with Crippen LogP contribution in [-0.2, 0) is 10.8 Å². The summed E-state index contributed by atoms with van der Waals surface area (Å²) in [5, 5.41) is 2.75. The molecule has 1 aromatic heterocycles. The van der Waals surface area contributed by atoms with Gasteiger partial charge in [-0.25, -0.2) is 0 Å². The second-order valence-electron chi connectivity index (χ2n) is 20.5. The maximum absolute atomic E-state index is 2.54. The van der Waals surface area contributed by atoms with E-state index in [2.05, 4.69) is 182 Å². The van der Waals surface area contributed by atoms with Crippen LogP contribution >= 0.6 is 11.3 Å². The van der Waals surface area contributed by atoms with Gasteiger partial charge in [-0.2, -0.15) is 0 Å². The molecule has 2 bridgehead atoms. The monoisotopic (exact) mass is 806 g/mol. The van der Waals surface area contributed by atoms with Crippen molar-refractivity contribution in [3.8, 4) is 22.3 Å². The van der Waals surface area contributed by atoms with Crippen molar-refractivity contribution < 1.29 is 0 Å². The first kappa shape index (κ1) is 37.6. The molecular weight excluding hydrogens is 752 g/mol. The first-order valence-corrected chi connectivity index (χ1v) is 23.7. The molecule has 0 N–H and O–H groups in total. The van der Waals surface area contributed by atoms with E-state index in [-0.39, 0.29) is 6.71 Å². The highest BCUT2D eigenvalue weighted by Gasteiger charge is 2.83. The van der Waals surface area contributed by atoms with E-state index in [0.29, 0.717) is 16.2 Å². The Morgan fingerprint density at radius 1 is 0.459 bits per heavy atom. The summed E-state index contributed by atoms with van der Waals surface area (Å²) in [6.45, 7) is 16.0. The summed E-state index contributed by atoms with van der Waals surface area (Å²) in [5.74, 6) is 1.81. The maximum atomic E-state index is 2.54. The number of benzene rings is 7. The molecule has 0 radical (unpaired) electrons. The molecule has 0 saturated heterocycles. The summed E-state index contributed by atoms with van der Waals surface area (Å²) in [6, 6.07) is 52.8. The Kier molecular flexibility index (Phi) is 8.11. The Morgan fingerprint density at radius 3 is 1.57 bits per heavy atom. The second-order valence-corrected chi connectivity index (χ2v) is 21.6. The molecule has 300 valence electrons. The van der Waals surface area contributed by atoms with Crippen LogP contribution < -0.4 is 16.4 Å². The van der Waals surface area contributed by atoms with Gasteiger partial charge >= 0.3 is 0 Å². The van der Waals surface area contributed by atoms with Gasteiger partial charge in [-0.05, 0) is 160 Å². The number of rotatable bonds is 7. The van der Waals surface area contributed by atoms with Crippen molar-refractivity contribution in [3.05, 3.63) is 184 Å². The molecule has 4 fully saturated rings. The van der Waals surface area contributed by atoms with E-state index >= 15 is 0 Å². The Balaban J connectivity index is 0.886. The summed E-state index contributed by atoms with van der Waals surface area (Å²) < 4.78 is 2.73. The van der Waals surface area contributed by atoms with E-state index < -0.39 is 0 Å². The van der Waals surface area contributed by atoms with E-state index in [1.165, 1.54) is 130 Å². The van der Waals surface area contributed by atoms with E-state index in [9.17, 15) is 0 Å². The van der Waals surface area contributed by atoms with Crippen LogP contribution in [0, 0.1) is 65.7 Å². The van der Waals surface area contributed by atoms with E-state index in [1.807, 2.05) is 11.3 Å². The Bertz CT molecular complexity index is 2990. The van der Waals surface area contributed by atoms with Crippen LogP contribution in [0.25, 0.3) is 42.4 Å². The lowest BCUT2D eigenvalue weighted by Gasteiger charge is -2.49. The van der Waals surface area contributed by atoms with Gasteiger partial charge in [-0.15, -0.1) is 11.3 Å². The Labute approximate surface area is 367 Å². The molecule has 5 atom stereocenters. The number of aryl methyl sites for hydroxylation is 7. The third-order valence-corrected chi connectivity index (χ3v) is 17.9. The lowest BCUT2D eigenvalue weighted by molar-refractivity contribution is 0.0415. The first-order valence-electron chi connectivity index (χ1n) is 22.8. The molecule has 2 heteroatoms. The second kappa shape index (κ2) is 13.2. The highest BCUT2D eigenvalue weighted by molar-refractivity contribution is 7.25. The van der Waals surface area contributed by atoms with Gasteiger partial charge in [0.15, 0.2) is 0 Å². The SMILES string of the molecule is Cc1ccc(-c2ccc(C34CC5CC6(CC6(c6ccc(-c7ccc8sc9ccc(B(c%10c(C)cc(C)cc%10C)c%10c(C)cc(C)cc%10C)cc9c8c7)cc6)C3)C5C4)cc2)cc1. The molecule has 4 aliphatic rings. The van der Waals surface area contributed by atoms with Crippen LogP contribution in [0.2, 0.25) is 0 Å². The normalized spacial score (nSPS) is 24.5. The van der Waals surface area contributed by atoms with Crippen LogP contribution in [0.5, 0.6) is 0 Å². The van der Waals surface area contributed by atoms with Crippen molar-refractivity contribution in [1.82, 2.24) is 0 Å². The summed E-state index contributed by atoms with van der Waals surface area (Å²) in [4.78, 5) is 0. The van der Waals surface area contributed by atoms with Crippen molar-refractivity contribution in [1.29, 1.82) is 0 Å². The summed E-state index contributed by atoms with van der Waals surface area (Å²) >= 11 is 1.93. The van der Waals surface area contributed by atoms with Gasteiger partial charge in [0.2, 0.25) is 6.71 Å². The van der Waals surface area contributed by atoms with Gasteiger partial charge in [0.25, 0.3) is 0 Å². The molecule has 7 aromatic carbocycles. The molecule has 0 nitrogen and oxygen atoms in total. The first-order chi connectivity index (χ1) is 29.4. The minimum absolute atomic E-state index is 0.166. The number of hydrogen-bond donors (Lipinski definition) is 0. The summed E-state index contributed by atoms with van der Waals surface area (Å²) in [7, 11) is 0. The Hall–Kier alpha value is -5.18. The molecule has 0 amide bonds. The average Bonchev–Trinajstić information content (AvgIpc) is 3.73.